The SMILES string of the molecule is COCC(C)n1c(C)cc(C(=O)COC(=O)CCNS(=O)(=O)c2ccc(C)cc2)c1C. The highest BCUT2D eigenvalue weighted by Crippen LogP contribution is 2.21. The van der Waals surface area contributed by atoms with Gasteiger partial charge in [-0.2, -0.15) is 0 Å². The number of esters is 1. The molecule has 31 heavy (non-hydrogen) atoms. The number of methoxy groups -OCH3 is 1. The van der Waals surface area contributed by atoms with E-state index in [0.717, 1.165) is 17.0 Å². The second-order valence-electron chi connectivity index (χ2n) is 7.50. The van der Waals surface area contributed by atoms with Crippen LogP contribution in [0.4, 0.5) is 0 Å². The first-order chi connectivity index (χ1) is 14.6. The monoisotopic (exact) mass is 450 g/mol. The minimum atomic E-state index is -3.71. The Morgan fingerprint density at radius 3 is 2.39 bits per heavy atom. The molecular weight excluding hydrogens is 420 g/mol. The predicted molar refractivity (Wildman–Crippen MR) is 117 cm³/mol. The van der Waals surface area contributed by atoms with Crippen molar-refractivity contribution in [3.63, 3.8) is 0 Å². The van der Waals surface area contributed by atoms with Gasteiger partial charge in [-0.25, -0.2) is 13.1 Å². The molecule has 1 aromatic carbocycles. The zero-order chi connectivity index (χ0) is 23.2. The summed E-state index contributed by atoms with van der Waals surface area (Å²) in [5, 5.41) is 0. The Morgan fingerprint density at radius 2 is 1.77 bits per heavy atom. The van der Waals surface area contributed by atoms with Crippen LogP contribution in [0.2, 0.25) is 0 Å². The number of hydrogen-bond acceptors (Lipinski definition) is 6. The fourth-order valence-electron chi connectivity index (χ4n) is 3.44. The third-order valence-corrected chi connectivity index (χ3v) is 6.43. The number of nitrogens with one attached hydrogen (secondary N) is 1. The summed E-state index contributed by atoms with van der Waals surface area (Å²) in [6.07, 6.45) is -0.178. The van der Waals surface area contributed by atoms with Crippen LogP contribution in [0, 0.1) is 20.8 Å². The van der Waals surface area contributed by atoms with Crippen molar-refractivity contribution in [1.29, 1.82) is 0 Å². The Balaban J connectivity index is 1.87. The average Bonchev–Trinajstić information content (AvgIpc) is 3.00. The molecule has 1 atom stereocenters. The van der Waals surface area contributed by atoms with Crippen LogP contribution < -0.4 is 4.72 Å². The molecule has 0 aliphatic heterocycles. The van der Waals surface area contributed by atoms with Crippen molar-refractivity contribution >= 4 is 21.8 Å². The van der Waals surface area contributed by atoms with E-state index in [1.807, 2.05) is 32.3 Å². The van der Waals surface area contributed by atoms with Crippen molar-refractivity contribution in [2.45, 2.75) is 45.1 Å². The van der Waals surface area contributed by atoms with Crippen molar-refractivity contribution in [3.05, 3.63) is 52.8 Å². The van der Waals surface area contributed by atoms with Gasteiger partial charge in [-0.3, -0.25) is 9.59 Å². The van der Waals surface area contributed by atoms with Crippen LogP contribution in [0.15, 0.2) is 35.2 Å². The van der Waals surface area contributed by atoms with E-state index in [4.69, 9.17) is 9.47 Å². The van der Waals surface area contributed by atoms with E-state index in [2.05, 4.69) is 4.72 Å². The van der Waals surface area contributed by atoms with Crippen LogP contribution in [-0.4, -0.2) is 51.6 Å². The van der Waals surface area contributed by atoms with Gasteiger partial charge in [0.05, 0.1) is 24.0 Å². The maximum absolute atomic E-state index is 12.5. The Bertz CT molecular complexity index is 1030. The van der Waals surface area contributed by atoms with Crippen LogP contribution in [0.1, 0.15) is 46.7 Å². The summed E-state index contributed by atoms with van der Waals surface area (Å²) in [7, 11) is -2.08. The van der Waals surface area contributed by atoms with Crippen LogP contribution in [0.25, 0.3) is 0 Å². The molecule has 0 bridgehead atoms. The summed E-state index contributed by atoms with van der Waals surface area (Å²) in [4.78, 5) is 24.6. The second kappa shape index (κ2) is 10.7. The van der Waals surface area contributed by atoms with Crippen molar-refractivity contribution in [1.82, 2.24) is 9.29 Å². The second-order valence-corrected chi connectivity index (χ2v) is 9.27. The van der Waals surface area contributed by atoms with E-state index in [1.165, 1.54) is 12.1 Å². The summed E-state index contributed by atoms with van der Waals surface area (Å²) in [6, 6.07) is 8.23. The molecule has 0 radical (unpaired) electrons. The fourth-order valence-corrected chi connectivity index (χ4v) is 4.47. The largest absolute Gasteiger partial charge is 0.457 e. The van der Waals surface area contributed by atoms with Gasteiger partial charge in [0, 0.05) is 30.6 Å². The van der Waals surface area contributed by atoms with Gasteiger partial charge in [0.2, 0.25) is 15.8 Å². The van der Waals surface area contributed by atoms with Crippen molar-refractivity contribution in [2.24, 2.45) is 0 Å². The van der Waals surface area contributed by atoms with E-state index in [0.29, 0.717) is 12.2 Å². The zero-order valence-corrected chi connectivity index (χ0v) is 19.4. The lowest BCUT2D eigenvalue weighted by atomic mass is 10.1. The molecule has 1 aromatic heterocycles. The van der Waals surface area contributed by atoms with Gasteiger partial charge in [0.25, 0.3) is 0 Å². The molecule has 9 heteroatoms. The number of ketones is 1. The third kappa shape index (κ3) is 6.49. The van der Waals surface area contributed by atoms with Crippen LogP contribution >= 0.6 is 0 Å². The number of sulfonamides is 1. The number of aromatic nitrogens is 1. The number of hydrogen-bond donors (Lipinski definition) is 1. The molecule has 0 amide bonds. The molecule has 1 N–H and O–H groups in total. The van der Waals surface area contributed by atoms with Crippen LogP contribution in [0.5, 0.6) is 0 Å². The summed E-state index contributed by atoms with van der Waals surface area (Å²) >= 11 is 0. The quantitative estimate of drug-likeness (QED) is 0.417. The molecular formula is C22H30N2O6S. The van der Waals surface area contributed by atoms with Gasteiger partial charge in [0.1, 0.15) is 0 Å². The van der Waals surface area contributed by atoms with Gasteiger partial charge in [-0.1, -0.05) is 17.7 Å². The maximum Gasteiger partial charge on any atom is 0.307 e. The van der Waals surface area contributed by atoms with Crippen LogP contribution in [0.3, 0.4) is 0 Å². The molecule has 8 nitrogen and oxygen atoms in total. The molecule has 0 saturated carbocycles. The van der Waals surface area contributed by atoms with Gasteiger partial charge in [-0.05, 0) is 45.9 Å². The number of carbonyl (C=O) groups is 2. The summed E-state index contributed by atoms with van der Waals surface area (Å²) in [5.74, 6) is -0.959. The van der Waals surface area contributed by atoms with Gasteiger partial charge in [-0.15, -0.1) is 0 Å². The average molecular weight is 451 g/mol. The standard InChI is InChI=1S/C22H30N2O6S/c1-15-6-8-19(9-7-15)31(27,28)23-11-10-22(26)30-14-21(25)20-12-16(2)24(18(20)4)17(3)13-29-5/h6-9,12,17,23H,10-11,13-14H2,1-5H3. The smallest absolute Gasteiger partial charge is 0.307 e. The molecule has 170 valence electrons. The maximum atomic E-state index is 12.5. The molecule has 0 fully saturated rings. The van der Waals surface area contributed by atoms with Crippen molar-refractivity contribution in [3.8, 4) is 0 Å². The highest BCUT2D eigenvalue weighted by Gasteiger charge is 2.20. The van der Waals surface area contributed by atoms with Gasteiger partial charge < -0.3 is 14.0 Å². The van der Waals surface area contributed by atoms with Crippen molar-refractivity contribution < 1.29 is 27.5 Å². The molecule has 0 spiro atoms. The molecule has 0 aliphatic rings. The number of ether oxygens (including phenoxy) is 2. The number of rotatable bonds is 11. The van der Waals surface area contributed by atoms with E-state index >= 15 is 0 Å². The molecule has 0 aliphatic carbocycles. The third-order valence-electron chi connectivity index (χ3n) is 4.95. The Morgan fingerprint density at radius 1 is 1.13 bits per heavy atom. The Labute approximate surface area is 183 Å². The van der Waals surface area contributed by atoms with E-state index in [1.54, 1.807) is 25.3 Å². The fraction of sp³-hybridized carbons (Fsp3) is 0.455. The van der Waals surface area contributed by atoms with E-state index < -0.39 is 22.6 Å². The summed E-state index contributed by atoms with van der Waals surface area (Å²) in [5.41, 5.74) is 3.14. The lowest BCUT2D eigenvalue weighted by Crippen LogP contribution is -2.27. The van der Waals surface area contributed by atoms with Crippen LogP contribution in [-0.2, 0) is 24.3 Å². The minimum absolute atomic E-state index is 0.0654. The number of Topliss-reactive ketones (excluding diaryl/α,β-unsaturated/α-hetero) is 1. The lowest BCUT2D eigenvalue weighted by Gasteiger charge is -2.17. The lowest BCUT2D eigenvalue weighted by molar-refractivity contribution is -0.142. The Kier molecular flexibility index (Phi) is 8.55. The van der Waals surface area contributed by atoms with Gasteiger partial charge >= 0.3 is 5.97 Å². The molecule has 1 unspecified atom stereocenters. The highest BCUT2D eigenvalue weighted by atomic mass is 32.2. The molecule has 0 saturated heterocycles. The molecule has 2 aromatic rings. The number of nitrogens with zero attached hydrogens (tertiary/aromatic N) is 1. The molecule has 2 rings (SSSR count). The first-order valence-electron chi connectivity index (χ1n) is 9.99. The van der Waals surface area contributed by atoms with Crippen molar-refractivity contribution in [2.75, 3.05) is 26.9 Å². The zero-order valence-electron chi connectivity index (χ0n) is 18.6. The first kappa shape index (κ1) is 24.8. The number of carbonyl (C=O) groups excluding carboxylic acids is 2. The number of aryl methyl sites for hydroxylation is 2. The normalized spacial score (nSPS) is 12.5. The highest BCUT2D eigenvalue weighted by molar-refractivity contribution is 7.89. The first-order valence-corrected chi connectivity index (χ1v) is 11.5. The summed E-state index contributed by atoms with van der Waals surface area (Å²) in [6.45, 7) is 7.60. The van der Waals surface area contributed by atoms with E-state index in [-0.39, 0.29) is 29.7 Å². The van der Waals surface area contributed by atoms with Gasteiger partial charge in [0.15, 0.2) is 6.61 Å². The summed E-state index contributed by atoms with van der Waals surface area (Å²) < 4.78 is 39.1. The topological polar surface area (TPSA) is 104 Å². The predicted octanol–water partition coefficient (Wildman–Crippen LogP) is 2.72. The minimum Gasteiger partial charge on any atom is -0.457 e. The molecule has 1 heterocycles. The van der Waals surface area contributed by atoms with E-state index in [9.17, 15) is 18.0 Å². The number of benzene rings is 1. The Hall–Kier alpha value is -2.49.